The molecule has 0 aromatic rings. The van der Waals surface area contributed by atoms with Crippen LogP contribution in [0.1, 0.15) is 66.7 Å². The molecule has 2 fully saturated rings. The molecule has 174 valence electrons. The number of cyclic esters (lactones) is 1. The number of likely N-dealkylation sites (tertiary alicyclic amines) is 1. The van der Waals surface area contributed by atoms with Gasteiger partial charge in [-0.15, -0.1) is 0 Å². The van der Waals surface area contributed by atoms with Gasteiger partial charge >= 0.3 is 5.97 Å². The minimum Gasteiger partial charge on any atom is -0.463 e. The van der Waals surface area contributed by atoms with E-state index < -0.39 is 13.7 Å². The van der Waals surface area contributed by atoms with Crippen LogP contribution in [-0.2, 0) is 23.5 Å². The number of amides is 1. The lowest BCUT2D eigenvalue weighted by molar-refractivity contribution is -0.149. The predicted octanol–water partition coefficient (Wildman–Crippen LogP) is 4.38. The van der Waals surface area contributed by atoms with Crippen LogP contribution >= 0.6 is 0 Å². The maximum absolute atomic E-state index is 13.8. The summed E-state index contributed by atoms with van der Waals surface area (Å²) in [6.45, 7) is 17.0. The summed E-state index contributed by atoms with van der Waals surface area (Å²) >= 11 is 0. The van der Waals surface area contributed by atoms with Crippen molar-refractivity contribution in [3.63, 3.8) is 0 Å². The zero-order valence-electron chi connectivity index (χ0n) is 20.4. The molecule has 0 spiro atoms. The van der Waals surface area contributed by atoms with E-state index in [4.69, 9.17) is 13.9 Å². The maximum atomic E-state index is 13.8. The van der Waals surface area contributed by atoms with E-state index in [0.717, 1.165) is 19.4 Å². The van der Waals surface area contributed by atoms with Crippen molar-refractivity contribution in [2.75, 3.05) is 26.9 Å². The summed E-state index contributed by atoms with van der Waals surface area (Å²) in [6, 6.07) is 0.124. The van der Waals surface area contributed by atoms with Crippen LogP contribution < -0.4 is 0 Å². The Morgan fingerprint density at radius 2 is 2.00 bits per heavy atom. The third-order valence-corrected chi connectivity index (χ3v) is 12.1. The molecule has 0 unspecified atom stereocenters. The molecule has 4 atom stereocenters. The number of nitrogens with zero attached hydrogens (tertiary/aromatic N) is 1. The van der Waals surface area contributed by atoms with Gasteiger partial charge in [-0.05, 0) is 56.7 Å². The Balaban J connectivity index is 2.21. The van der Waals surface area contributed by atoms with E-state index in [1.54, 1.807) is 7.11 Å². The number of hydrogen-bond donors (Lipinski definition) is 0. The lowest BCUT2D eigenvalue weighted by Crippen LogP contribution is -2.50. The Morgan fingerprint density at radius 1 is 1.33 bits per heavy atom. The summed E-state index contributed by atoms with van der Waals surface area (Å²) < 4.78 is 17.3. The van der Waals surface area contributed by atoms with E-state index in [2.05, 4.69) is 33.9 Å². The van der Waals surface area contributed by atoms with Crippen molar-refractivity contribution in [3.8, 4) is 0 Å². The SMILES string of the molecule is COC[C@@H]1CCCN1C(=O)[C@@]1(C)C[C@H](C)OC(=O)C[C@@H]1CCO[Si](C)(C)C(C)(C)C. The van der Waals surface area contributed by atoms with Crippen molar-refractivity contribution in [2.24, 2.45) is 11.3 Å². The van der Waals surface area contributed by atoms with Crippen LogP contribution in [0.4, 0.5) is 0 Å². The molecule has 0 aromatic heterocycles. The number of methoxy groups -OCH3 is 1. The molecule has 0 aromatic carbocycles. The van der Waals surface area contributed by atoms with E-state index in [0.29, 0.717) is 26.1 Å². The molecule has 2 aliphatic rings. The minimum atomic E-state index is -1.88. The van der Waals surface area contributed by atoms with Crippen LogP contribution in [0.15, 0.2) is 0 Å². The number of rotatable bonds is 7. The first-order chi connectivity index (χ1) is 13.8. The van der Waals surface area contributed by atoms with Gasteiger partial charge in [0.2, 0.25) is 5.91 Å². The van der Waals surface area contributed by atoms with Crippen molar-refractivity contribution in [2.45, 2.75) is 97.0 Å². The van der Waals surface area contributed by atoms with Crippen molar-refractivity contribution in [3.05, 3.63) is 0 Å². The molecule has 2 aliphatic heterocycles. The van der Waals surface area contributed by atoms with Gasteiger partial charge in [-0.25, -0.2) is 0 Å². The lowest BCUT2D eigenvalue weighted by atomic mass is 9.69. The summed E-state index contributed by atoms with van der Waals surface area (Å²) in [4.78, 5) is 28.2. The lowest BCUT2D eigenvalue weighted by Gasteiger charge is -2.41. The first kappa shape index (κ1) is 25.3. The van der Waals surface area contributed by atoms with E-state index in [1.165, 1.54) is 0 Å². The largest absolute Gasteiger partial charge is 0.463 e. The highest BCUT2D eigenvalue weighted by Gasteiger charge is 2.49. The fourth-order valence-electron chi connectivity index (χ4n) is 4.66. The highest BCUT2D eigenvalue weighted by molar-refractivity contribution is 6.74. The van der Waals surface area contributed by atoms with Crippen LogP contribution in [0, 0.1) is 11.3 Å². The third kappa shape index (κ3) is 5.65. The van der Waals surface area contributed by atoms with Gasteiger partial charge in [0.25, 0.3) is 0 Å². The van der Waals surface area contributed by atoms with E-state index in [9.17, 15) is 9.59 Å². The molecule has 1 amide bonds. The quantitative estimate of drug-likeness (QED) is 0.433. The number of hydrogen-bond acceptors (Lipinski definition) is 5. The van der Waals surface area contributed by atoms with Crippen molar-refractivity contribution in [1.29, 1.82) is 0 Å². The van der Waals surface area contributed by atoms with Gasteiger partial charge in [0.05, 0.1) is 18.1 Å². The zero-order valence-corrected chi connectivity index (χ0v) is 21.4. The topological polar surface area (TPSA) is 65.1 Å². The predicted molar refractivity (Wildman–Crippen MR) is 121 cm³/mol. The standard InChI is InChI=1S/C23H43NO5Si/c1-17-15-23(5,21(26)24-12-9-10-19(24)16-27-6)18(14-20(25)29-17)11-13-28-30(7,8)22(2,3)4/h17-19H,9-16H2,1-8H3/t17-,18-,19-,23-/m0/s1. The van der Waals surface area contributed by atoms with Crippen LogP contribution in [0.3, 0.4) is 0 Å². The van der Waals surface area contributed by atoms with Crippen molar-refractivity contribution < 1.29 is 23.5 Å². The number of carbonyl (C=O) groups is 2. The van der Waals surface area contributed by atoms with Crippen LogP contribution in [0.5, 0.6) is 0 Å². The number of carbonyl (C=O) groups excluding carboxylic acids is 2. The molecule has 2 rings (SSSR count). The van der Waals surface area contributed by atoms with Gasteiger partial charge in [-0.1, -0.05) is 27.7 Å². The van der Waals surface area contributed by atoms with Crippen LogP contribution in [0.2, 0.25) is 18.1 Å². The average Bonchev–Trinajstić information content (AvgIpc) is 3.02. The Bertz CT molecular complexity index is 617. The van der Waals surface area contributed by atoms with Gasteiger partial charge in [0, 0.05) is 26.7 Å². The van der Waals surface area contributed by atoms with Crippen molar-refractivity contribution >= 4 is 20.2 Å². The molecular formula is C23H43NO5Si. The Kier molecular flexibility index (Phi) is 8.19. The summed E-state index contributed by atoms with van der Waals surface area (Å²) in [7, 11) is -0.197. The van der Waals surface area contributed by atoms with Gasteiger partial charge in [-0.2, -0.15) is 0 Å². The summed E-state index contributed by atoms with van der Waals surface area (Å²) in [5.41, 5.74) is -0.640. The third-order valence-electron chi connectivity index (χ3n) is 7.58. The van der Waals surface area contributed by atoms with E-state index in [1.807, 2.05) is 18.7 Å². The highest BCUT2D eigenvalue weighted by Crippen LogP contribution is 2.44. The molecule has 0 saturated carbocycles. The highest BCUT2D eigenvalue weighted by atomic mass is 28.4. The summed E-state index contributed by atoms with van der Waals surface area (Å²) in [5, 5.41) is 0.131. The monoisotopic (exact) mass is 441 g/mol. The van der Waals surface area contributed by atoms with Gasteiger partial charge in [-0.3, -0.25) is 9.59 Å². The zero-order chi connectivity index (χ0) is 22.7. The first-order valence-electron chi connectivity index (χ1n) is 11.5. The Labute approximate surface area is 184 Å². The molecule has 6 nitrogen and oxygen atoms in total. The molecule has 0 radical (unpaired) electrons. The maximum Gasteiger partial charge on any atom is 0.306 e. The molecule has 30 heavy (non-hydrogen) atoms. The van der Waals surface area contributed by atoms with E-state index in [-0.39, 0.29) is 41.4 Å². The van der Waals surface area contributed by atoms with Gasteiger partial charge in [0.1, 0.15) is 6.10 Å². The van der Waals surface area contributed by atoms with E-state index >= 15 is 0 Å². The molecule has 2 saturated heterocycles. The molecular weight excluding hydrogens is 398 g/mol. The summed E-state index contributed by atoms with van der Waals surface area (Å²) in [5.74, 6) is -0.147. The Morgan fingerprint density at radius 3 is 2.60 bits per heavy atom. The molecule has 0 bridgehead atoms. The molecule has 0 aliphatic carbocycles. The second-order valence-corrected chi connectivity index (χ2v) is 15.8. The molecule has 2 heterocycles. The second-order valence-electron chi connectivity index (χ2n) is 11.0. The Hall–Kier alpha value is -0.923. The van der Waals surface area contributed by atoms with Crippen LogP contribution in [0.25, 0.3) is 0 Å². The molecule has 7 heteroatoms. The average molecular weight is 442 g/mol. The fraction of sp³-hybridized carbons (Fsp3) is 0.913. The second kappa shape index (κ2) is 9.70. The number of esters is 1. The summed E-state index contributed by atoms with van der Waals surface area (Å²) in [6.07, 6.45) is 3.23. The van der Waals surface area contributed by atoms with Gasteiger partial charge in [0.15, 0.2) is 8.32 Å². The molecule has 0 N–H and O–H groups in total. The smallest absolute Gasteiger partial charge is 0.306 e. The number of ether oxygens (including phenoxy) is 2. The van der Waals surface area contributed by atoms with Crippen LogP contribution in [-0.4, -0.2) is 64.1 Å². The van der Waals surface area contributed by atoms with Crippen molar-refractivity contribution in [1.82, 2.24) is 4.90 Å². The first-order valence-corrected chi connectivity index (χ1v) is 14.4. The van der Waals surface area contributed by atoms with Gasteiger partial charge < -0.3 is 18.8 Å². The minimum absolute atomic E-state index is 0.0870. The fourth-order valence-corrected chi connectivity index (χ4v) is 5.72. The normalized spacial score (nSPS) is 30.9.